The summed E-state index contributed by atoms with van der Waals surface area (Å²) < 4.78 is 19.7. The Bertz CT molecular complexity index is 1720. The molecule has 0 aromatic heterocycles. The van der Waals surface area contributed by atoms with Crippen LogP contribution in [0.2, 0.25) is 0 Å². The molecule has 4 heterocycles. The van der Waals surface area contributed by atoms with Crippen molar-refractivity contribution in [1.29, 1.82) is 0 Å². The first-order valence-electron chi connectivity index (χ1n) is 17.4. The maximum atomic E-state index is 15.1. The van der Waals surface area contributed by atoms with Gasteiger partial charge >= 0.3 is 5.97 Å². The third-order valence-corrected chi connectivity index (χ3v) is 11.1. The zero-order valence-electron chi connectivity index (χ0n) is 28.2. The van der Waals surface area contributed by atoms with E-state index in [1.54, 1.807) is 30.1 Å². The van der Waals surface area contributed by atoms with E-state index >= 15 is 4.79 Å². The Hall–Kier alpha value is -4.14. The van der Waals surface area contributed by atoms with Crippen molar-refractivity contribution in [3.05, 3.63) is 76.9 Å². The molecular formula is C37H42N4O9. The van der Waals surface area contributed by atoms with Gasteiger partial charge in [-0.15, -0.1) is 0 Å². The molecule has 2 aromatic rings. The van der Waals surface area contributed by atoms with Gasteiger partial charge in [-0.25, -0.2) is 0 Å². The largest absolute Gasteiger partial charge is 0.458 e. The Morgan fingerprint density at radius 2 is 1.76 bits per heavy atom. The highest BCUT2D eigenvalue weighted by Crippen LogP contribution is 2.59. The molecule has 50 heavy (non-hydrogen) atoms. The van der Waals surface area contributed by atoms with Crippen LogP contribution in [0.4, 0.5) is 0 Å². The molecule has 7 unspecified atom stereocenters. The molecule has 2 bridgehead atoms. The summed E-state index contributed by atoms with van der Waals surface area (Å²) in [6.45, 7) is 0.312. The summed E-state index contributed by atoms with van der Waals surface area (Å²) in [6.07, 6.45) is 2.42. The van der Waals surface area contributed by atoms with Crippen LogP contribution in [0.25, 0.3) is 6.08 Å². The first-order valence-corrected chi connectivity index (χ1v) is 17.4. The number of hydroxylamine groups is 2. The molecule has 13 nitrogen and oxygen atoms in total. The number of nitrogens with one attached hydrogen (secondary N) is 1. The molecule has 0 radical (unpaired) electrons. The lowest BCUT2D eigenvalue weighted by Gasteiger charge is -2.50. The van der Waals surface area contributed by atoms with Gasteiger partial charge in [-0.3, -0.25) is 24.0 Å². The van der Waals surface area contributed by atoms with Gasteiger partial charge in [0.1, 0.15) is 35.9 Å². The predicted molar refractivity (Wildman–Crippen MR) is 176 cm³/mol. The minimum atomic E-state index is -1.42. The van der Waals surface area contributed by atoms with Crippen molar-refractivity contribution in [2.75, 3.05) is 33.8 Å². The van der Waals surface area contributed by atoms with Gasteiger partial charge in [-0.05, 0) is 41.2 Å². The van der Waals surface area contributed by atoms with E-state index < -0.39 is 53.7 Å². The number of aliphatic hydroxyl groups is 1. The molecule has 3 amide bonds. The van der Waals surface area contributed by atoms with E-state index in [4.69, 9.17) is 19.0 Å². The second-order valence-electron chi connectivity index (χ2n) is 14.4. The molecule has 5 fully saturated rings. The Balaban J connectivity index is 1.17. The van der Waals surface area contributed by atoms with Gasteiger partial charge < -0.3 is 34.4 Å². The average molecular weight is 687 g/mol. The van der Waals surface area contributed by atoms with Crippen molar-refractivity contribution in [3.8, 4) is 0 Å². The lowest BCUT2D eigenvalue weighted by Crippen LogP contribution is -2.70. The number of rotatable bonds is 8. The van der Waals surface area contributed by atoms with Gasteiger partial charge in [0.15, 0.2) is 11.8 Å². The second-order valence-corrected chi connectivity index (χ2v) is 14.4. The van der Waals surface area contributed by atoms with E-state index in [0.29, 0.717) is 32.2 Å². The van der Waals surface area contributed by atoms with Crippen LogP contribution in [-0.2, 0) is 57.6 Å². The monoisotopic (exact) mass is 686 g/mol. The van der Waals surface area contributed by atoms with Gasteiger partial charge in [0.25, 0.3) is 0 Å². The van der Waals surface area contributed by atoms with Gasteiger partial charge in [-0.2, -0.15) is 5.06 Å². The molecule has 13 heteroatoms. The topological polar surface area (TPSA) is 147 Å². The summed E-state index contributed by atoms with van der Waals surface area (Å²) in [7, 11) is 3.35. The highest BCUT2D eigenvalue weighted by atomic mass is 16.8. The summed E-state index contributed by atoms with van der Waals surface area (Å²) >= 11 is 0. The molecule has 1 saturated carbocycles. The van der Waals surface area contributed by atoms with Gasteiger partial charge in [0.2, 0.25) is 17.7 Å². The SMILES string of the molecule is CN(C)C(=O)C=Cc1ccccc1CN1OC2C3OC4(Cc5ccccc5C4)OC3C3CC2(C(=O)N2CCCC2C(=O)NCCO)C1C(=O)O3. The van der Waals surface area contributed by atoms with E-state index in [-0.39, 0.29) is 43.8 Å². The van der Waals surface area contributed by atoms with Crippen molar-refractivity contribution in [3.63, 3.8) is 0 Å². The number of aliphatic hydroxyl groups excluding tert-OH is 1. The number of fused-ring (bicyclic) bond motifs is 5. The number of amides is 3. The number of likely N-dealkylation sites (tertiary alicyclic amines) is 1. The number of hydrogen-bond acceptors (Lipinski definition) is 10. The van der Waals surface area contributed by atoms with Crippen molar-refractivity contribution in [2.45, 2.75) is 80.9 Å². The molecule has 7 atom stereocenters. The van der Waals surface area contributed by atoms with Crippen molar-refractivity contribution >= 4 is 29.8 Å². The summed E-state index contributed by atoms with van der Waals surface area (Å²) in [6, 6.07) is 13.7. The van der Waals surface area contributed by atoms with E-state index in [1.807, 2.05) is 36.4 Å². The number of likely N-dealkylation sites (N-methyl/N-ethyl adjacent to an activating group) is 1. The number of ether oxygens (including phenoxy) is 3. The van der Waals surface area contributed by atoms with Crippen molar-refractivity contribution in [1.82, 2.24) is 20.2 Å². The van der Waals surface area contributed by atoms with E-state index in [2.05, 4.69) is 17.4 Å². The zero-order chi connectivity index (χ0) is 34.8. The fourth-order valence-electron chi connectivity index (χ4n) is 8.90. The molecule has 2 aromatic carbocycles. The number of nitrogens with zero attached hydrogens (tertiary/aromatic N) is 3. The van der Waals surface area contributed by atoms with E-state index in [1.165, 1.54) is 11.0 Å². The maximum absolute atomic E-state index is 15.1. The smallest absolute Gasteiger partial charge is 0.327 e. The van der Waals surface area contributed by atoms with Crippen LogP contribution in [0.3, 0.4) is 0 Å². The Morgan fingerprint density at radius 1 is 1.04 bits per heavy atom. The van der Waals surface area contributed by atoms with Crippen LogP contribution in [0, 0.1) is 5.41 Å². The molecule has 2 N–H and O–H groups in total. The minimum Gasteiger partial charge on any atom is -0.458 e. The van der Waals surface area contributed by atoms with Crippen LogP contribution >= 0.6 is 0 Å². The standard InChI is InChI=1S/C37H42N4O9/c1-39(2)28(43)14-13-22-8-3-6-11-25(22)21-41-31-34(45)47-27-20-37(31,35(46)40-16-7-12-26(40)33(44)38-15-17-42)32(50-41)30-29(27)48-36(49-30)18-23-9-4-5-10-24(23)19-36/h3-6,8-11,13-14,26-27,29-32,42H,7,12,15-21H2,1-2H3,(H,38,44). The van der Waals surface area contributed by atoms with Crippen molar-refractivity contribution in [2.24, 2.45) is 5.41 Å². The fourth-order valence-corrected chi connectivity index (χ4v) is 8.90. The molecule has 264 valence electrons. The van der Waals surface area contributed by atoms with Crippen molar-refractivity contribution < 1.29 is 43.3 Å². The van der Waals surface area contributed by atoms with Crippen LogP contribution in [0.5, 0.6) is 0 Å². The number of esters is 1. The highest BCUT2D eigenvalue weighted by molar-refractivity contribution is 5.96. The van der Waals surface area contributed by atoms with Crippen LogP contribution in [0.1, 0.15) is 41.5 Å². The molecule has 6 aliphatic rings. The van der Waals surface area contributed by atoms with Crippen LogP contribution in [0.15, 0.2) is 54.6 Å². The van der Waals surface area contributed by atoms with Gasteiger partial charge in [0, 0.05) is 52.5 Å². The normalized spacial score (nSPS) is 31.9. The van der Waals surface area contributed by atoms with Crippen LogP contribution in [-0.4, -0.2) is 120 Å². The first kappa shape index (κ1) is 33.0. The minimum absolute atomic E-state index is 0.0758. The maximum Gasteiger partial charge on any atom is 0.327 e. The number of hydrogen-bond donors (Lipinski definition) is 2. The fraction of sp³-hybridized carbons (Fsp3) is 0.514. The quantitative estimate of drug-likeness (QED) is 0.304. The third-order valence-electron chi connectivity index (χ3n) is 11.1. The summed E-state index contributed by atoms with van der Waals surface area (Å²) in [4.78, 5) is 64.8. The van der Waals surface area contributed by atoms with Gasteiger partial charge in [-0.1, -0.05) is 48.5 Å². The Kier molecular flexibility index (Phi) is 8.30. The molecule has 8 rings (SSSR count). The predicted octanol–water partition coefficient (Wildman–Crippen LogP) is 0.967. The van der Waals surface area contributed by atoms with E-state index in [0.717, 1.165) is 22.3 Å². The summed E-state index contributed by atoms with van der Waals surface area (Å²) in [5, 5.41) is 13.6. The number of carbonyl (C=O) groups excluding carboxylic acids is 4. The molecule has 4 saturated heterocycles. The van der Waals surface area contributed by atoms with Gasteiger partial charge in [0.05, 0.1) is 13.2 Å². The average Bonchev–Trinajstić information content (AvgIpc) is 3.89. The Morgan fingerprint density at radius 3 is 2.50 bits per heavy atom. The zero-order valence-corrected chi connectivity index (χ0v) is 28.2. The van der Waals surface area contributed by atoms with Crippen LogP contribution < -0.4 is 5.32 Å². The second kappa shape index (κ2) is 12.6. The molecule has 2 aliphatic carbocycles. The summed E-state index contributed by atoms with van der Waals surface area (Å²) in [5.74, 6) is -2.45. The molecule has 1 spiro atoms. The molecular weight excluding hydrogens is 644 g/mol. The number of benzene rings is 2. The molecule has 4 aliphatic heterocycles. The highest BCUT2D eigenvalue weighted by Gasteiger charge is 2.77. The lowest BCUT2D eigenvalue weighted by molar-refractivity contribution is -0.218. The summed E-state index contributed by atoms with van der Waals surface area (Å²) in [5.41, 5.74) is 2.35. The first-order chi connectivity index (χ1) is 24.1. The number of carbonyl (C=O) groups is 4. The Labute approximate surface area is 290 Å². The van der Waals surface area contributed by atoms with E-state index in [9.17, 15) is 19.5 Å². The lowest BCUT2D eigenvalue weighted by atomic mass is 9.62. The third kappa shape index (κ3) is 5.25.